The molecule has 0 radical (unpaired) electrons. The summed E-state index contributed by atoms with van der Waals surface area (Å²) in [5.41, 5.74) is 0.371. The molecule has 190 valence electrons. The minimum Gasteiger partial charge on any atom is -0.486 e. The molecule has 35 heavy (non-hydrogen) atoms. The molecule has 1 fully saturated rings. The van der Waals surface area contributed by atoms with Crippen LogP contribution >= 0.6 is 0 Å². The van der Waals surface area contributed by atoms with Crippen molar-refractivity contribution in [3.8, 4) is 5.75 Å². The zero-order chi connectivity index (χ0) is 25.6. The fraction of sp³-hybridized carbons (Fsp3) is 0.462. The predicted molar refractivity (Wildman–Crippen MR) is 126 cm³/mol. The van der Waals surface area contributed by atoms with Gasteiger partial charge in [0.15, 0.2) is 11.6 Å². The van der Waals surface area contributed by atoms with Gasteiger partial charge in [-0.25, -0.2) is 13.6 Å². The van der Waals surface area contributed by atoms with Crippen molar-refractivity contribution in [3.05, 3.63) is 65.2 Å². The second kappa shape index (κ2) is 11.5. The highest BCUT2D eigenvalue weighted by molar-refractivity contribution is 5.83. The number of amides is 2. The van der Waals surface area contributed by atoms with Gasteiger partial charge in [0.25, 0.3) is 0 Å². The van der Waals surface area contributed by atoms with Gasteiger partial charge in [0, 0.05) is 37.2 Å². The number of methoxy groups -OCH3 is 1. The summed E-state index contributed by atoms with van der Waals surface area (Å²) in [6.45, 7) is 5.65. The van der Waals surface area contributed by atoms with Gasteiger partial charge in [-0.3, -0.25) is 9.69 Å². The molecule has 0 heterocycles. The van der Waals surface area contributed by atoms with Gasteiger partial charge in [0.1, 0.15) is 24.6 Å². The van der Waals surface area contributed by atoms with E-state index in [1.165, 1.54) is 18.1 Å². The number of hydrogen-bond donors (Lipinski definition) is 1. The SMILES string of the molecule is COCCNC(=O)CN(C(=O)OC(C)(C)C)[C@@H]1C[C@H]1c1cc(F)cc(F)c1OCc1ccccc1. The predicted octanol–water partition coefficient (Wildman–Crippen LogP) is 4.40. The number of hydrogen-bond acceptors (Lipinski definition) is 5. The third-order valence-electron chi connectivity index (χ3n) is 5.39. The Morgan fingerprint density at radius 1 is 1.14 bits per heavy atom. The molecule has 0 bridgehead atoms. The lowest BCUT2D eigenvalue weighted by Gasteiger charge is -2.27. The lowest BCUT2D eigenvalue weighted by atomic mass is 10.1. The number of carbonyl (C=O) groups excluding carboxylic acids is 2. The van der Waals surface area contributed by atoms with Crippen LogP contribution in [-0.2, 0) is 20.9 Å². The molecular weight excluding hydrogens is 458 g/mol. The fourth-order valence-corrected chi connectivity index (χ4v) is 3.74. The molecule has 9 heteroatoms. The van der Waals surface area contributed by atoms with Crippen LogP contribution in [0.15, 0.2) is 42.5 Å². The minimum atomic E-state index is -0.817. The van der Waals surface area contributed by atoms with E-state index in [0.29, 0.717) is 18.6 Å². The molecule has 2 aromatic rings. The number of carbonyl (C=O) groups is 2. The van der Waals surface area contributed by atoms with Crippen LogP contribution in [0.2, 0.25) is 0 Å². The molecule has 0 spiro atoms. The number of halogens is 2. The van der Waals surface area contributed by atoms with Crippen molar-refractivity contribution in [2.24, 2.45) is 0 Å². The summed E-state index contributed by atoms with van der Waals surface area (Å²) in [5, 5.41) is 2.68. The van der Waals surface area contributed by atoms with Gasteiger partial charge in [-0.2, -0.15) is 0 Å². The van der Waals surface area contributed by atoms with E-state index in [-0.39, 0.29) is 31.4 Å². The molecule has 1 aliphatic carbocycles. The first-order valence-corrected chi connectivity index (χ1v) is 11.5. The van der Waals surface area contributed by atoms with Crippen LogP contribution in [0.4, 0.5) is 13.6 Å². The Labute approximate surface area is 204 Å². The van der Waals surface area contributed by atoms with Crippen molar-refractivity contribution in [1.29, 1.82) is 0 Å². The number of rotatable bonds is 10. The number of nitrogens with one attached hydrogen (secondary N) is 1. The van der Waals surface area contributed by atoms with Gasteiger partial charge < -0.3 is 19.5 Å². The minimum absolute atomic E-state index is 0.0589. The Kier molecular flexibility index (Phi) is 8.67. The molecule has 1 N–H and O–H groups in total. The van der Waals surface area contributed by atoms with E-state index in [4.69, 9.17) is 14.2 Å². The van der Waals surface area contributed by atoms with Gasteiger partial charge in [-0.05, 0) is 38.8 Å². The Morgan fingerprint density at radius 3 is 2.51 bits per heavy atom. The zero-order valence-corrected chi connectivity index (χ0v) is 20.5. The quantitative estimate of drug-likeness (QED) is 0.500. The molecular formula is C26H32F2N2O5. The molecule has 1 aliphatic rings. The van der Waals surface area contributed by atoms with Crippen molar-refractivity contribution in [3.63, 3.8) is 0 Å². The van der Waals surface area contributed by atoms with Gasteiger partial charge in [-0.15, -0.1) is 0 Å². The van der Waals surface area contributed by atoms with Crippen LogP contribution in [0.25, 0.3) is 0 Å². The normalized spacial score (nSPS) is 17.0. The molecule has 7 nitrogen and oxygen atoms in total. The summed E-state index contributed by atoms with van der Waals surface area (Å²) < 4.78 is 45.1. The van der Waals surface area contributed by atoms with Crippen molar-refractivity contribution < 1.29 is 32.6 Å². The molecule has 1 saturated carbocycles. The van der Waals surface area contributed by atoms with E-state index in [1.54, 1.807) is 20.8 Å². The lowest BCUT2D eigenvalue weighted by Crippen LogP contribution is -2.45. The van der Waals surface area contributed by atoms with Crippen LogP contribution in [0.1, 0.15) is 44.2 Å². The van der Waals surface area contributed by atoms with Crippen molar-refractivity contribution in [2.75, 3.05) is 26.8 Å². The molecule has 2 atom stereocenters. The lowest BCUT2D eigenvalue weighted by molar-refractivity contribution is -0.122. The van der Waals surface area contributed by atoms with E-state index >= 15 is 0 Å². The summed E-state index contributed by atoms with van der Waals surface area (Å²) in [6.07, 6.45) is -0.259. The molecule has 3 rings (SSSR count). The fourth-order valence-electron chi connectivity index (χ4n) is 3.74. The summed E-state index contributed by atoms with van der Waals surface area (Å²) >= 11 is 0. The number of ether oxygens (including phenoxy) is 3. The summed E-state index contributed by atoms with van der Waals surface area (Å²) in [6, 6.07) is 10.7. The maximum Gasteiger partial charge on any atom is 0.411 e. The van der Waals surface area contributed by atoms with Crippen molar-refractivity contribution in [2.45, 2.75) is 51.4 Å². The van der Waals surface area contributed by atoms with Crippen LogP contribution in [0.5, 0.6) is 5.75 Å². The monoisotopic (exact) mass is 490 g/mol. The van der Waals surface area contributed by atoms with Crippen LogP contribution in [0, 0.1) is 11.6 Å². The Balaban J connectivity index is 1.80. The largest absolute Gasteiger partial charge is 0.486 e. The topological polar surface area (TPSA) is 77.1 Å². The number of benzene rings is 2. The first kappa shape index (κ1) is 26.4. The summed E-state index contributed by atoms with van der Waals surface area (Å²) in [5.74, 6) is -2.41. The van der Waals surface area contributed by atoms with Gasteiger partial charge in [0.2, 0.25) is 5.91 Å². The van der Waals surface area contributed by atoms with E-state index < -0.39 is 35.3 Å². The summed E-state index contributed by atoms with van der Waals surface area (Å²) in [7, 11) is 1.52. The highest BCUT2D eigenvalue weighted by Gasteiger charge is 2.48. The van der Waals surface area contributed by atoms with Gasteiger partial charge in [-0.1, -0.05) is 30.3 Å². The van der Waals surface area contributed by atoms with Gasteiger partial charge in [0.05, 0.1) is 6.61 Å². The Morgan fingerprint density at radius 2 is 1.86 bits per heavy atom. The second-order valence-electron chi connectivity index (χ2n) is 9.44. The van der Waals surface area contributed by atoms with Crippen LogP contribution < -0.4 is 10.1 Å². The molecule has 0 aromatic heterocycles. The van der Waals surface area contributed by atoms with E-state index in [9.17, 15) is 18.4 Å². The highest BCUT2D eigenvalue weighted by Crippen LogP contribution is 2.49. The summed E-state index contributed by atoms with van der Waals surface area (Å²) in [4.78, 5) is 26.7. The average molecular weight is 491 g/mol. The van der Waals surface area contributed by atoms with Crippen molar-refractivity contribution >= 4 is 12.0 Å². The van der Waals surface area contributed by atoms with E-state index in [1.807, 2.05) is 30.3 Å². The van der Waals surface area contributed by atoms with Crippen LogP contribution in [-0.4, -0.2) is 55.3 Å². The van der Waals surface area contributed by atoms with Gasteiger partial charge >= 0.3 is 6.09 Å². The molecule has 2 amide bonds. The molecule has 2 aromatic carbocycles. The van der Waals surface area contributed by atoms with E-state index in [0.717, 1.165) is 11.6 Å². The average Bonchev–Trinajstić information content (AvgIpc) is 3.56. The standard InChI is InChI=1S/C26H32F2N2O5/c1-26(2,3)35-25(32)30(15-23(31)29-10-11-33-4)22-14-19(22)20-12-18(27)13-21(28)24(20)34-16-17-8-6-5-7-9-17/h5-9,12-13,19,22H,10-11,14-16H2,1-4H3,(H,29,31)/t19-,22+/m0/s1. The third-order valence-corrected chi connectivity index (χ3v) is 5.39. The first-order valence-electron chi connectivity index (χ1n) is 11.5. The van der Waals surface area contributed by atoms with Crippen molar-refractivity contribution in [1.82, 2.24) is 10.2 Å². The van der Waals surface area contributed by atoms with Crippen LogP contribution in [0.3, 0.4) is 0 Å². The maximum absolute atomic E-state index is 14.7. The van der Waals surface area contributed by atoms with E-state index in [2.05, 4.69) is 5.32 Å². The Bertz CT molecular complexity index is 1030. The maximum atomic E-state index is 14.7. The third kappa shape index (κ3) is 7.65. The number of nitrogens with zero attached hydrogens (tertiary/aromatic N) is 1. The Hall–Kier alpha value is -3.20. The highest BCUT2D eigenvalue weighted by atomic mass is 19.1. The zero-order valence-electron chi connectivity index (χ0n) is 20.5. The molecule has 0 saturated heterocycles. The molecule has 0 unspecified atom stereocenters. The molecule has 0 aliphatic heterocycles. The second-order valence-corrected chi connectivity index (χ2v) is 9.44. The smallest absolute Gasteiger partial charge is 0.411 e. The first-order chi connectivity index (χ1) is 16.6.